The molecule has 2 heterocycles. The van der Waals surface area contributed by atoms with Crippen LogP contribution in [0.15, 0.2) is 58.5 Å². The van der Waals surface area contributed by atoms with Gasteiger partial charge in [-0.25, -0.2) is 13.4 Å². The quantitative estimate of drug-likeness (QED) is 0.585. The Morgan fingerprint density at radius 3 is 2.61 bits per heavy atom. The molecule has 0 spiro atoms. The van der Waals surface area contributed by atoms with Crippen LogP contribution in [0.5, 0.6) is 0 Å². The van der Waals surface area contributed by atoms with E-state index in [0.717, 1.165) is 5.56 Å². The molecule has 0 N–H and O–H groups in total. The van der Waals surface area contributed by atoms with E-state index in [1.54, 1.807) is 61.2 Å². The number of hydrogen-bond acceptors (Lipinski definition) is 5. The smallest absolute Gasteiger partial charge is 0.261 e. The van der Waals surface area contributed by atoms with E-state index in [0.29, 0.717) is 42.6 Å². The van der Waals surface area contributed by atoms with E-state index in [2.05, 4.69) is 4.98 Å². The first-order valence-electron chi connectivity index (χ1n) is 10.2. The van der Waals surface area contributed by atoms with Crippen molar-refractivity contribution in [3.63, 3.8) is 0 Å². The predicted molar refractivity (Wildman–Crippen MR) is 119 cm³/mol. The highest BCUT2D eigenvalue weighted by Crippen LogP contribution is 2.31. The van der Waals surface area contributed by atoms with Crippen molar-refractivity contribution >= 4 is 32.5 Å². The zero-order chi connectivity index (χ0) is 22.2. The number of anilines is 1. The predicted octanol–water partition coefficient (Wildman–Crippen LogP) is 2.02. The molecule has 162 valence electrons. The minimum Gasteiger partial charge on any atom is -0.310 e. The fraction of sp³-hybridized carbons (Fsp3) is 0.318. The van der Waals surface area contributed by atoms with Crippen LogP contribution >= 0.6 is 0 Å². The molecule has 1 aliphatic rings. The molecule has 1 amide bonds. The van der Waals surface area contributed by atoms with E-state index in [-0.39, 0.29) is 22.9 Å². The van der Waals surface area contributed by atoms with Crippen molar-refractivity contribution in [2.75, 3.05) is 24.5 Å². The Morgan fingerprint density at radius 1 is 1.13 bits per heavy atom. The van der Waals surface area contributed by atoms with Crippen molar-refractivity contribution in [3.8, 4) is 0 Å². The van der Waals surface area contributed by atoms with E-state index in [9.17, 15) is 18.0 Å². The number of aromatic nitrogens is 2. The molecule has 8 nitrogen and oxygen atoms in total. The van der Waals surface area contributed by atoms with Crippen LogP contribution in [0.3, 0.4) is 0 Å². The van der Waals surface area contributed by atoms with Gasteiger partial charge in [-0.2, -0.15) is 4.31 Å². The molecule has 0 fully saturated rings. The van der Waals surface area contributed by atoms with Gasteiger partial charge in [-0.15, -0.1) is 0 Å². The maximum absolute atomic E-state index is 13.0. The third-order valence-corrected chi connectivity index (χ3v) is 7.67. The van der Waals surface area contributed by atoms with E-state index < -0.39 is 10.0 Å². The Balaban J connectivity index is 1.59. The first-order chi connectivity index (χ1) is 14.9. The number of benzene rings is 2. The van der Waals surface area contributed by atoms with Gasteiger partial charge in [0.05, 0.1) is 22.1 Å². The molecule has 0 atom stereocenters. The lowest BCUT2D eigenvalue weighted by Crippen LogP contribution is -2.35. The Labute approximate surface area is 180 Å². The van der Waals surface area contributed by atoms with E-state index in [1.165, 1.54) is 15.2 Å². The van der Waals surface area contributed by atoms with Crippen molar-refractivity contribution < 1.29 is 13.2 Å². The summed E-state index contributed by atoms with van der Waals surface area (Å²) in [5, 5.41) is 0.464. The second kappa shape index (κ2) is 8.24. The number of carbonyl (C=O) groups excluding carboxylic acids is 1. The Morgan fingerprint density at radius 2 is 1.87 bits per heavy atom. The summed E-state index contributed by atoms with van der Waals surface area (Å²) >= 11 is 0. The van der Waals surface area contributed by atoms with Crippen LogP contribution in [0.2, 0.25) is 0 Å². The molecule has 9 heteroatoms. The van der Waals surface area contributed by atoms with Crippen LogP contribution in [0, 0.1) is 0 Å². The molecule has 1 aliphatic heterocycles. The molecule has 31 heavy (non-hydrogen) atoms. The Hall–Kier alpha value is -3.04. The lowest BCUT2D eigenvalue weighted by Gasteiger charge is -2.20. The molecule has 4 rings (SSSR count). The van der Waals surface area contributed by atoms with Gasteiger partial charge in [0.2, 0.25) is 15.9 Å². The van der Waals surface area contributed by atoms with Gasteiger partial charge in [0.15, 0.2) is 0 Å². The lowest BCUT2D eigenvalue weighted by molar-refractivity contribution is -0.119. The summed E-state index contributed by atoms with van der Waals surface area (Å²) in [6, 6.07) is 11.9. The number of sulfonamides is 1. The van der Waals surface area contributed by atoms with Gasteiger partial charge in [0.25, 0.3) is 5.56 Å². The average molecular weight is 441 g/mol. The topological polar surface area (TPSA) is 92.6 Å². The van der Waals surface area contributed by atoms with E-state index in [1.807, 2.05) is 0 Å². The van der Waals surface area contributed by atoms with Crippen LogP contribution in [-0.2, 0) is 27.8 Å². The van der Waals surface area contributed by atoms with Crippen LogP contribution < -0.4 is 10.5 Å². The van der Waals surface area contributed by atoms with Gasteiger partial charge in [-0.1, -0.05) is 26.0 Å². The standard InChI is InChI=1S/C22H24N4O4S/c1-3-25(4-2)31(29,30)17-9-10-20-16(13-17)11-12-26(20)21(27)14-24-15-23-19-8-6-5-7-18(19)22(24)28/h5-10,13,15H,3-4,11-12,14H2,1-2H3. The summed E-state index contributed by atoms with van der Waals surface area (Å²) in [6.45, 7) is 4.72. The molecule has 0 aliphatic carbocycles. The maximum Gasteiger partial charge on any atom is 0.261 e. The number of fused-ring (bicyclic) bond motifs is 2. The molecule has 0 bridgehead atoms. The number of para-hydroxylation sites is 1. The number of carbonyl (C=O) groups is 1. The third-order valence-electron chi connectivity index (χ3n) is 5.63. The first-order valence-corrected chi connectivity index (χ1v) is 11.7. The molecular weight excluding hydrogens is 416 g/mol. The molecule has 1 aromatic heterocycles. The zero-order valence-corrected chi connectivity index (χ0v) is 18.3. The summed E-state index contributed by atoms with van der Waals surface area (Å²) < 4.78 is 28.3. The average Bonchev–Trinajstić information content (AvgIpc) is 3.20. The Kier molecular flexibility index (Phi) is 5.63. The fourth-order valence-corrected chi connectivity index (χ4v) is 5.47. The van der Waals surface area contributed by atoms with Gasteiger partial charge in [0.1, 0.15) is 6.54 Å². The number of amides is 1. The fourth-order valence-electron chi connectivity index (χ4n) is 3.96. The normalized spacial score (nSPS) is 13.7. The Bertz CT molecular complexity index is 1310. The zero-order valence-electron chi connectivity index (χ0n) is 17.5. The summed E-state index contributed by atoms with van der Waals surface area (Å²) in [4.78, 5) is 31.7. The number of nitrogens with zero attached hydrogens (tertiary/aromatic N) is 4. The number of hydrogen-bond donors (Lipinski definition) is 0. The minimum atomic E-state index is -3.56. The van der Waals surface area contributed by atoms with Gasteiger partial charge in [-0.05, 0) is 42.3 Å². The largest absolute Gasteiger partial charge is 0.310 e. The van der Waals surface area contributed by atoms with Crippen LogP contribution in [0.1, 0.15) is 19.4 Å². The van der Waals surface area contributed by atoms with Crippen LogP contribution in [-0.4, -0.2) is 47.8 Å². The highest BCUT2D eigenvalue weighted by atomic mass is 32.2. The molecule has 0 unspecified atom stereocenters. The third kappa shape index (κ3) is 3.75. The lowest BCUT2D eigenvalue weighted by atomic mass is 10.2. The molecule has 3 aromatic rings. The monoisotopic (exact) mass is 440 g/mol. The maximum atomic E-state index is 13.0. The molecule has 0 saturated carbocycles. The van der Waals surface area contributed by atoms with Crippen molar-refractivity contribution in [2.45, 2.75) is 31.7 Å². The highest BCUT2D eigenvalue weighted by Gasteiger charge is 2.28. The molecule has 2 aromatic carbocycles. The first kappa shape index (κ1) is 21.2. The second-order valence-electron chi connectivity index (χ2n) is 7.37. The molecule has 0 saturated heterocycles. The van der Waals surface area contributed by atoms with Crippen LogP contribution in [0.25, 0.3) is 10.9 Å². The summed E-state index contributed by atoms with van der Waals surface area (Å²) in [7, 11) is -3.56. The van der Waals surface area contributed by atoms with Gasteiger partial charge < -0.3 is 4.90 Å². The van der Waals surface area contributed by atoms with E-state index in [4.69, 9.17) is 0 Å². The van der Waals surface area contributed by atoms with Crippen molar-refractivity contribution in [3.05, 3.63) is 64.7 Å². The van der Waals surface area contributed by atoms with Crippen molar-refractivity contribution in [1.29, 1.82) is 0 Å². The minimum absolute atomic E-state index is 0.129. The summed E-state index contributed by atoms with van der Waals surface area (Å²) in [5.41, 5.74) is 1.82. The van der Waals surface area contributed by atoms with E-state index >= 15 is 0 Å². The summed E-state index contributed by atoms with van der Waals surface area (Å²) in [5.74, 6) is -0.239. The van der Waals surface area contributed by atoms with Gasteiger partial charge in [0, 0.05) is 25.3 Å². The van der Waals surface area contributed by atoms with Gasteiger partial charge >= 0.3 is 0 Å². The highest BCUT2D eigenvalue weighted by molar-refractivity contribution is 7.89. The van der Waals surface area contributed by atoms with Crippen LogP contribution in [0.4, 0.5) is 5.69 Å². The molecular formula is C22H24N4O4S. The number of rotatable bonds is 6. The van der Waals surface area contributed by atoms with Gasteiger partial charge in [-0.3, -0.25) is 14.2 Å². The van der Waals surface area contributed by atoms with Crippen molar-refractivity contribution in [1.82, 2.24) is 13.9 Å². The van der Waals surface area contributed by atoms with Crippen molar-refractivity contribution in [2.24, 2.45) is 0 Å². The summed E-state index contributed by atoms with van der Waals surface area (Å²) in [6.07, 6.45) is 1.95. The second-order valence-corrected chi connectivity index (χ2v) is 9.31. The molecule has 0 radical (unpaired) electrons. The SMILES string of the molecule is CCN(CC)S(=O)(=O)c1ccc2c(c1)CCN2C(=O)Cn1cnc2ccccc2c1=O.